The summed E-state index contributed by atoms with van der Waals surface area (Å²) in [7, 11) is -3.15. The lowest BCUT2D eigenvalue weighted by molar-refractivity contribution is 0.100. The van der Waals surface area contributed by atoms with Crippen LogP contribution >= 0.6 is 0 Å². The van der Waals surface area contributed by atoms with Gasteiger partial charge in [0.05, 0.1) is 18.1 Å². The fourth-order valence-corrected chi connectivity index (χ4v) is 6.75. The molecule has 0 aliphatic carbocycles. The number of rotatable bonds is 8. The van der Waals surface area contributed by atoms with E-state index in [1.807, 2.05) is 48.7 Å². The molecule has 1 aliphatic heterocycles. The first-order chi connectivity index (χ1) is 16.9. The van der Waals surface area contributed by atoms with Crippen molar-refractivity contribution in [1.29, 1.82) is 0 Å². The van der Waals surface area contributed by atoms with E-state index in [1.54, 1.807) is 24.5 Å². The summed E-state index contributed by atoms with van der Waals surface area (Å²) in [6, 6.07) is 18.5. The van der Waals surface area contributed by atoms with E-state index in [1.165, 1.54) is 0 Å². The van der Waals surface area contributed by atoms with Crippen LogP contribution in [-0.2, 0) is 23.0 Å². The molecule has 0 spiro atoms. The number of carbonyl (C=O) groups is 1. The molecule has 0 saturated carbocycles. The van der Waals surface area contributed by atoms with E-state index in [-0.39, 0.29) is 6.61 Å². The van der Waals surface area contributed by atoms with Gasteiger partial charge in [0, 0.05) is 41.4 Å². The summed E-state index contributed by atoms with van der Waals surface area (Å²) < 4.78 is 23.2. The number of aromatic amines is 1. The van der Waals surface area contributed by atoms with Gasteiger partial charge in [-0.1, -0.05) is 30.3 Å². The van der Waals surface area contributed by atoms with Crippen molar-refractivity contribution >= 4 is 26.9 Å². The van der Waals surface area contributed by atoms with Gasteiger partial charge in [-0.25, -0.2) is 0 Å². The third-order valence-electron chi connectivity index (χ3n) is 6.49. The summed E-state index contributed by atoms with van der Waals surface area (Å²) in [5.74, 6) is 0.143. The molecule has 1 atom stereocenters. The maximum absolute atomic E-state index is 14.1. The average Bonchev–Trinajstić information content (AvgIpc) is 3.50. The lowest BCUT2D eigenvalue weighted by Crippen LogP contribution is -2.42. The zero-order valence-corrected chi connectivity index (χ0v) is 20.3. The molecule has 182 valence electrons. The van der Waals surface area contributed by atoms with Crippen LogP contribution in [-0.4, -0.2) is 45.7 Å². The van der Waals surface area contributed by atoms with Crippen molar-refractivity contribution in [2.45, 2.75) is 23.8 Å². The van der Waals surface area contributed by atoms with E-state index < -0.39 is 22.1 Å². The van der Waals surface area contributed by atoms with Crippen molar-refractivity contribution in [2.24, 2.45) is 5.73 Å². The molecule has 5 rings (SSSR count). The SMILES string of the molecule is C[SH](=O)(N[C@@H](CO)Cc1c[nH]c2ccccc12)c1cc(-c2cccc(C(N)=O)c2)cc2c1OCC2. The van der Waals surface area contributed by atoms with Crippen LogP contribution < -0.4 is 15.2 Å². The van der Waals surface area contributed by atoms with E-state index in [2.05, 4.69) is 9.71 Å². The third kappa shape index (κ3) is 4.60. The predicted molar refractivity (Wildman–Crippen MR) is 139 cm³/mol. The molecule has 3 aromatic carbocycles. The number of aliphatic hydroxyl groups is 1. The zero-order valence-electron chi connectivity index (χ0n) is 19.5. The molecule has 8 heteroatoms. The van der Waals surface area contributed by atoms with Gasteiger partial charge in [0.2, 0.25) is 5.91 Å². The van der Waals surface area contributed by atoms with Crippen LogP contribution in [0.15, 0.2) is 71.8 Å². The van der Waals surface area contributed by atoms with Crippen LogP contribution in [0, 0.1) is 0 Å². The highest BCUT2D eigenvalue weighted by molar-refractivity contribution is 8.00. The molecule has 7 nitrogen and oxygen atoms in total. The number of thiol groups is 1. The quantitative estimate of drug-likeness (QED) is 0.244. The molecule has 0 fully saturated rings. The number of carbonyl (C=O) groups excluding carboxylic acids is 1. The summed E-state index contributed by atoms with van der Waals surface area (Å²) in [6.07, 6.45) is 4.83. The fraction of sp³-hybridized carbons (Fsp3) is 0.222. The predicted octanol–water partition coefficient (Wildman–Crippen LogP) is 2.98. The van der Waals surface area contributed by atoms with Crippen molar-refractivity contribution in [3.63, 3.8) is 0 Å². The van der Waals surface area contributed by atoms with Gasteiger partial charge in [0.15, 0.2) is 0 Å². The number of ether oxygens (including phenoxy) is 1. The Morgan fingerprint density at radius 3 is 2.80 bits per heavy atom. The number of benzene rings is 3. The standard InChI is InChI=1S/C27H29N3O4S/c1-35(33,30-22(16-31)13-21-15-29-24-8-3-2-7-23(21)24)25-14-20(12-18-9-10-34-26(18)25)17-5-4-6-19(11-17)27(28)32/h2-8,11-12,14-15,22,29,31,35H,9-10,13,16H2,1H3,(H2,28,32)(H,30,33)/t22-/m1/s1. The second kappa shape index (κ2) is 9.30. The van der Waals surface area contributed by atoms with Crippen molar-refractivity contribution in [3.05, 3.63) is 83.6 Å². The minimum Gasteiger partial charge on any atom is -0.492 e. The molecule has 0 bridgehead atoms. The summed E-state index contributed by atoms with van der Waals surface area (Å²) in [4.78, 5) is 15.5. The fourth-order valence-electron chi connectivity index (χ4n) is 4.76. The summed E-state index contributed by atoms with van der Waals surface area (Å²) in [5.41, 5.74) is 10.6. The number of para-hydroxylation sites is 1. The molecule has 5 N–H and O–H groups in total. The lowest BCUT2D eigenvalue weighted by atomic mass is 10.00. The zero-order chi connectivity index (χ0) is 24.6. The van der Waals surface area contributed by atoms with E-state index in [0.717, 1.165) is 33.2 Å². The van der Waals surface area contributed by atoms with Gasteiger partial charge in [-0.3, -0.25) is 13.7 Å². The summed E-state index contributed by atoms with van der Waals surface area (Å²) in [5, 5.41) is 11.2. The highest BCUT2D eigenvalue weighted by atomic mass is 32.3. The van der Waals surface area contributed by atoms with Gasteiger partial charge >= 0.3 is 0 Å². The molecule has 0 unspecified atom stereocenters. The number of aliphatic hydroxyl groups excluding tert-OH is 1. The van der Waals surface area contributed by atoms with Gasteiger partial charge in [-0.05, 0) is 69.1 Å². The van der Waals surface area contributed by atoms with Crippen molar-refractivity contribution < 1.29 is 18.8 Å². The maximum Gasteiger partial charge on any atom is 0.248 e. The number of H-pyrrole nitrogens is 1. The van der Waals surface area contributed by atoms with E-state index in [9.17, 15) is 14.1 Å². The Balaban J connectivity index is 1.48. The number of hydrogen-bond donors (Lipinski definition) is 5. The normalized spacial score (nSPS) is 14.5. The molecular weight excluding hydrogens is 462 g/mol. The van der Waals surface area contributed by atoms with Gasteiger partial charge in [-0.15, -0.1) is 0 Å². The molecule has 4 aromatic rings. The first-order valence-corrected chi connectivity index (χ1v) is 13.7. The molecule has 1 aromatic heterocycles. The average molecular weight is 492 g/mol. The molecule has 0 radical (unpaired) electrons. The third-order valence-corrected chi connectivity index (χ3v) is 8.60. The van der Waals surface area contributed by atoms with Crippen molar-refractivity contribution in [1.82, 2.24) is 9.71 Å². The molecule has 1 amide bonds. The summed E-state index contributed by atoms with van der Waals surface area (Å²) >= 11 is 0. The van der Waals surface area contributed by atoms with E-state index >= 15 is 0 Å². The largest absolute Gasteiger partial charge is 0.492 e. The Morgan fingerprint density at radius 1 is 1.17 bits per heavy atom. The van der Waals surface area contributed by atoms with Crippen LogP contribution in [0.2, 0.25) is 0 Å². The second-order valence-electron chi connectivity index (χ2n) is 9.02. The molecule has 35 heavy (non-hydrogen) atoms. The van der Waals surface area contributed by atoms with Crippen LogP contribution in [0.3, 0.4) is 0 Å². The first kappa shape index (κ1) is 23.3. The Bertz CT molecular complexity index is 1460. The van der Waals surface area contributed by atoms with Gasteiger partial charge in [-0.2, -0.15) is 0 Å². The van der Waals surface area contributed by atoms with Crippen LogP contribution in [0.1, 0.15) is 21.5 Å². The number of aromatic nitrogens is 1. The van der Waals surface area contributed by atoms with Gasteiger partial charge < -0.3 is 20.6 Å². The molecule has 2 heterocycles. The van der Waals surface area contributed by atoms with E-state index in [4.69, 9.17) is 10.5 Å². The second-order valence-corrected chi connectivity index (χ2v) is 11.6. The number of nitrogens with two attached hydrogens (primary N) is 1. The van der Waals surface area contributed by atoms with Crippen molar-refractivity contribution in [2.75, 3.05) is 19.5 Å². The number of nitrogens with one attached hydrogen (secondary N) is 2. The summed E-state index contributed by atoms with van der Waals surface area (Å²) in [6.45, 7) is 0.354. The van der Waals surface area contributed by atoms with Gasteiger partial charge in [0.1, 0.15) is 5.75 Å². The minimum atomic E-state index is -3.15. The highest BCUT2D eigenvalue weighted by Crippen LogP contribution is 2.39. The monoisotopic (exact) mass is 491 g/mol. The molecule has 0 saturated heterocycles. The van der Waals surface area contributed by atoms with E-state index in [0.29, 0.717) is 35.7 Å². The molecular formula is C27H29N3O4S. The Kier molecular flexibility index (Phi) is 6.19. The Labute approximate surface area is 204 Å². The van der Waals surface area contributed by atoms with Crippen LogP contribution in [0.4, 0.5) is 0 Å². The lowest BCUT2D eigenvalue weighted by Gasteiger charge is -2.28. The van der Waals surface area contributed by atoms with Crippen LogP contribution in [0.5, 0.6) is 5.75 Å². The number of hydrogen-bond acceptors (Lipinski definition) is 4. The smallest absolute Gasteiger partial charge is 0.248 e. The van der Waals surface area contributed by atoms with Gasteiger partial charge in [0.25, 0.3) is 0 Å². The molecule has 1 aliphatic rings. The highest BCUT2D eigenvalue weighted by Gasteiger charge is 2.27. The van der Waals surface area contributed by atoms with Crippen LogP contribution in [0.25, 0.3) is 22.0 Å². The first-order valence-electron chi connectivity index (χ1n) is 11.6. The van der Waals surface area contributed by atoms with Crippen molar-refractivity contribution in [3.8, 4) is 16.9 Å². The topological polar surface area (TPSA) is 117 Å². The number of fused-ring (bicyclic) bond motifs is 2. The maximum atomic E-state index is 14.1. The number of amides is 1. The Hall–Kier alpha value is -3.46. The Morgan fingerprint density at radius 2 is 2.00 bits per heavy atom. The minimum absolute atomic E-state index is 0.166. The number of primary amides is 1.